The summed E-state index contributed by atoms with van der Waals surface area (Å²) in [6.45, 7) is 1.86. The molecule has 2 aliphatic heterocycles. The number of sulfonamides is 1. The zero-order valence-corrected chi connectivity index (χ0v) is 19.9. The van der Waals surface area contributed by atoms with Crippen LogP contribution >= 0.6 is 11.6 Å². The molecule has 0 bridgehead atoms. The standard InChI is InChI=1S/C22H30ClN3O4S/c1-24(2)20(28)22-8-7-21(18(22)14-26(15-22)31(3,29)30)9-11-25(12-10-21)19(27)16-5-4-6-17(23)13-16/h4-6,13,18H,7-12,14-15H2,1-3H3/t18-,22+/m0/s1. The number of nitrogens with zero attached hydrogens (tertiary/aromatic N) is 3. The minimum absolute atomic E-state index is 0.0203. The highest BCUT2D eigenvalue weighted by Crippen LogP contribution is 2.62. The second-order valence-electron chi connectivity index (χ2n) is 9.63. The van der Waals surface area contributed by atoms with Crippen LogP contribution < -0.4 is 0 Å². The van der Waals surface area contributed by atoms with Gasteiger partial charge < -0.3 is 9.80 Å². The number of likely N-dealkylation sites (tertiary alicyclic amines) is 1. The topological polar surface area (TPSA) is 78.0 Å². The van der Waals surface area contributed by atoms with Crippen molar-refractivity contribution in [2.24, 2.45) is 16.7 Å². The lowest BCUT2D eigenvalue weighted by Crippen LogP contribution is -2.49. The minimum atomic E-state index is -3.38. The fourth-order valence-corrected chi connectivity index (χ4v) is 7.20. The van der Waals surface area contributed by atoms with Gasteiger partial charge in [0.05, 0.1) is 11.7 Å². The fraction of sp³-hybridized carbons (Fsp3) is 0.636. The average molecular weight is 468 g/mol. The van der Waals surface area contributed by atoms with Crippen LogP contribution in [0.3, 0.4) is 0 Å². The number of carbonyl (C=O) groups is 2. The number of amides is 2. The van der Waals surface area contributed by atoms with Crippen molar-refractivity contribution in [3.63, 3.8) is 0 Å². The number of piperidine rings is 1. The number of rotatable bonds is 3. The molecule has 2 atom stereocenters. The van der Waals surface area contributed by atoms with Crippen LogP contribution in [0.5, 0.6) is 0 Å². The molecular weight excluding hydrogens is 438 g/mol. The molecule has 1 aromatic carbocycles. The summed E-state index contributed by atoms with van der Waals surface area (Å²) in [5.41, 5.74) is -0.196. The Morgan fingerprint density at radius 3 is 2.39 bits per heavy atom. The molecular formula is C22H30ClN3O4S. The quantitative estimate of drug-likeness (QED) is 0.683. The summed E-state index contributed by atoms with van der Waals surface area (Å²) in [4.78, 5) is 29.7. The van der Waals surface area contributed by atoms with Gasteiger partial charge in [0.2, 0.25) is 15.9 Å². The second-order valence-corrected chi connectivity index (χ2v) is 12.0. The molecule has 0 radical (unpaired) electrons. The number of hydrogen-bond acceptors (Lipinski definition) is 4. The largest absolute Gasteiger partial charge is 0.348 e. The molecule has 0 N–H and O–H groups in total. The van der Waals surface area contributed by atoms with E-state index in [0.717, 1.165) is 19.3 Å². The minimum Gasteiger partial charge on any atom is -0.348 e. The Bertz CT molecular complexity index is 1000. The Balaban J connectivity index is 1.56. The van der Waals surface area contributed by atoms with Crippen molar-refractivity contribution in [2.75, 3.05) is 46.5 Å². The van der Waals surface area contributed by atoms with Gasteiger partial charge in [-0.15, -0.1) is 0 Å². The molecule has 7 nitrogen and oxygen atoms in total. The SMILES string of the molecule is CN(C)C(=O)[C@@]12CCC3(CCN(C(=O)c4cccc(Cl)c4)CC3)[C@@H]1CN(S(C)(=O)=O)C2. The third-order valence-corrected chi connectivity index (χ3v) is 9.19. The third-order valence-electron chi connectivity index (χ3n) is 7.74. The van der Waals surface area contributed by atoms with E-state index in [4.69, 9.17) is 11.6 Å². The molecule has 2 heterocycles. The van der Waals surface area contributed by atoms with Gasteiger partial charge in [-0.25, -0.2) is 12.7 Å². The summed E-state index contributed by atoms with van der Waals surface area (Å²) in [6, 6.07) is 6.98. The van der Waals surface area contributed by atoms with Gasteiger partial charge in [-0.05, 0) is 55.2 Å². The maximum absolute atomic E-state index is 13.3. The summed E-state index contributed by atoms with van der Waals surface area (Å²) in [5.74, 6) is -0.0267. The van der Waals surface area contributed by atoms with E-state index in [-0.39, 0.29) is 29.7 Å². The van der Waals surface area contributed by atoms with E-state index in [9.17, 15) is 18.0 Å². The van der Waals surface area contributed by atoms with E-state index in [1.54, 1.807) is 43.3 Å². The number of fused-ring (bicyclic) bond motifs is 2. The molecule has 1 aromatic rings. The van der Waals surface area contributed by atoms with Crippen molar-refractivity contribution in [3.8, 4) is 0 Å². The van der Waals surface area contributed by atoms with Gasteiger partial charge in [0.15, 0.2) is 0 Å². The smallest absolute Gasteiger partial charge is 0.253 e. The van der Waals surface area contributed by atoms with E-state index < -0.39 is 15.4 Å². The van der Waals surface area contributed by atoms with E-state index in [0.29, 0.717) is 36.6 Å². The lowest BCUT2D eigenvalue weighted by Gasteiger charge is -2.44. The molecule has 1 spiro atoms. The summed E-state index contributed by atoms with van der Waals surface area (Å²) in [5, 5.41) is 0.536. The van der Waals surface area contributed by atoms with E-state index >= 15 is 0 Å². The zero-order chi connectivity index (χ0) is 22.6. The zero-order valence-electron chi connectivity index (χ0n) is 18.3. The maximum atomic E-state index is 13.3. The van der Waals surface area contributed by atoms with Crippen molar-refractivity contribution in [1.29, 1.82) is 0 Å². The number of halogens is 1. The summed E-state index contributed by atoms with van der Waals surface area (Å²) >= 11 is 6.05. The summed E-state index contributed by atoms with van der Waals surface area (Å²) < 4.78 is 26.2. The van der Waals surface area contributed by atoms with Gasteiger partial charge in [-0.3, -0.25) is 9.59 Å². The molecule has 1 saturated carbocycles. The Kier molecular flexibility index (Phi) is 5.63. The predicted octanol–water partition coefficient (Wildman–Crippen LogP) is 2.32. The lowest BCUT2D eigenvalue weighted by molar-refractivity contribution is -0.141. The Hall–Kier alpha value is -1.64. The molecule has 0 unspecified atom stereocenters. The molecule has 3 fully saturated rings. The molecule has 0 aromatic heterocycles. The van der Waals surface area contributed by atoms with Gasteiger partial charge in [-0.2, -0.15) is 0 Å². The highest BCUT2D eigenvalue weighted by atomic mass is 35.5. The third kappa shape index (κ3) is 3.76. The second kappa shape index (κ2) is 7.74. The molecule has 9 heteroatoms. The van der Waals surface area contributed by atoms with Gasteiger partial charge in [0.25, 0.3) is 5.91 Å². The van der Waals surface area contributed by atoms with Crippen molar-refractivity contribution in [2.45, 2.75) is 25.7 Å². The first-order chi connectivity index (χ1) is 14.5. The van der Waals surface area contributed by atoms with Crippen molar-refractivity contribution >= 4 is 33.4 Å². The van der Waals surface area contributed by atoms with E-state index in [1.165, 1.54) is 10.6 Å². The van der Waals surface area contributed by atoms with Crippen LogP contribution in [0.15, 0.2) is 24.3 Å². The van der Waals surface area contributed by atoms with Gasteiger partial charge in [0, 0.05) is 50.9 Å². The van der Waals surface area contributed by atoms with Crippen LogP contribution in [-0.2, 0) is 14.8 Å². The van der Waals surface area contributed by atoms with Crippen molar-refractivity contribution in [3.05, 3.63) is 34.9 Å². The molecule has 170 valence electrons. The van der Waals surface area contributed by atoms with E-state index in [1.807, 2.05) is 4.90 Å². The van der Waals surface area contributed by atoms with Gasteiger partial charge >= 0.3 is 0 Å². The van der Waals surface area contributed by atoms with Crippen LogP contribution in [0.2, 0.25) is 5.02 Å². The van der Waals surface area contributed by atoms with Crippen LogP contribution in [0, 0.1) is 16.7 Å². The van der Waals surface area contributed by atoms with Crippen LogP contribution in [0.25, 0.3) is 0 Å². The van der Waals surface area contributed by atoms with Crippen LogP contribution in [0.1, 0.15) is 36.0 Å². The summed E-state index contributed by atoms with van der Waals surface area (Å²) in [6.07, 6.45) is 4.38. The van der Waals surface area contributed by atoms with Crippen LogP contribution in [-0.4, -0.2) is 80.9 Å². The van der Waals surface area contributed by atoms with Gasteiger partial charge in [-0.1, -0.05) is 17.7 Å². The first-order valence-corrected chi connectivity index (χ1v) is 12.9. The van der Waals surface area contributed by atoms with Crippen molar-refractivity contribution < 1.29 is 18.0 Å². The molecule has 2 saturated heterocycles. The molecule has 3 aliphatic rings. The molecule has 2 amide bonds. The normalized spacial score (nSPS) is 28.0. The Labute approximate surface area is 189 Å². The Morgan fingerprint density at radius 2 is 1.81 bits per heavy atom. The van der Waals surface area contributed by atoms with E-state index in [2.05, 4.69) is 0 Å². The van der Waals surface area contributed by atoms with Crippen LogP contribution in [0.4, 0.5) is 0 Å². The average Bonchev–Trinajstić information content (AvgIpc) is 3.25. The predicted molar refractivity (Wildman–Crippen MR) is 119 cm³/mol. The van der Waals surface area contributed by atoms with Crippen molar-refractivity contribution in [1.82, 2.24) is 14.1 Å². The first-order valence-electron chi connectivity index (χ1n) is 10.7. The number of benzene rings is 1. The molecule has 1 aliphatic carbocycles. The fourth-order valence-electron chi connectivity index (χ4n) is 6.13. The lowest BCUT2D eigenvalue weighted by atomic mass is 9.65. The number of hydrogen-bond donors (Lipinski definition) is 0. The maximum Gasteiger partial charge on any atom is 0.253 e. The molecule has 31 heavy (non-hydrogen) atoms. The number of carbonyl (C=O) groups excluding carboxylic acids is 2. The first kappa shape index (κ1) is 22.6. The van der Waals surface area contributed by atoms with Gasteiger partial charge in [0.1, 0.15) is 0 Å². The monoisotopic (exact) mass is 467 g/mol. The Morgan fingerprint density at radius 1 is 1.13 bits per heavy atom. The molecule has 4 rings (SSSR count). The summed E-state index contributed by atoms with van der Waals surface area (Å²) in [7, 11) is 0.113. The highest BCUT2D eigenvalue weighted by Gasteiger charge is 2.65. The highest BCUT2D eigenvalue weighted by molar-refractivity contribution is 7.88.